The summed E-state index contributed by atoms with van der Waals surface area (Å²) in [6, 6.07) is -0.492. The van der Waals surface area contributed by atoms with Crippen LogP contribution in [-0.2, 0) is 4.79 Å². The summed E-state index contributed by atoms with van der Waals surface area (Å²) >= 11 is 0. The van der Waals surface area contributed by atoms with Gasteiger partial charge >= 0.3 is 6.03 Å². The van der Waals surface area contributed by atoms with Crippen LogP contribution in [0.1, 0.15) is 13.8 Å². The molecule has 1 rings (SSSR count). The molecular formula is C10H16N2O3. The van der Waals surface area contributed by atoms with E-state index in [1.807, 2.05) is 13.8 Å². The van der Waals surface area contributed by atoms with Crippen molar-refractivity contribution in [2.24, 2.45) is 5.92 Å². The number of imide groups is 1. The van der Waals surface area contributed by atoms with Gasteiger partial charge in [-0.2, -0.15) is 0 Å². The van der Waals surface area contributed by atoms with Crippen molar-refractivity contribution in [2.45, 2.75) is 20.1 Å². The maximum atomic E-state index is 11.7. The van der Waals surface area contributed by atoms with E-state index in [4.69, 9.17) is 0 Å². The van der Waals surface area contributed by atoms with E-state index in [1.54, 1.807) is 6.08 Å². The van der Waals surface area contributed by atoms with Crippen molar-refractivity contribution in [3.8, 4) is 0 Å². The molecule has 1 heterocycles. The average Bonchev–Trinajstić information content (AvgIpc) is 2.18. The van der Waals surface area contributed by atoms with Gasteiger partial charge in [-0.15, -0.1) is 0 Å². The predicted octanol–water partition coefficient (Wildman–Crippen LogP) is 0.411. The molecule has 0 bridgehead atoms. The van der Waals surface area contributed by atoms with Gasteiger partial charge in [0, 0.05) is 14.1 Å². The van der Waals surface area contributed by atoms with Gasteiger partial charge in [0.1, 0.15) is 0 Å². The number of allylic oxidation sites excluding steroid dienone is 1. The summed E-state index contributed by atoms with van der Waals surface area (Å²) in [6.07, 6.45) is 0.537. The van der Waals surface area contributed by atoms with Crippen molar-refractivity contribution in [3.05, 3.63) is 11.6 Å². The zero-order chi connectivity index (χ0) is 11.7. The summed E-state index contributed by atoms with van der Waals surface area (Å²) in [4.78, 5) is 25.2. The number of likely N-dealkylation sites (N-methyl/N-ethyl adjacent to an activating group) is 2. The fourth-order valence-corrected chi connectivity index (χ4v) is 1.46. The van der Waals surface area contributed by atoms with Gasteiger partial charge in [0.15, 0.2) is 6.23 Å². The third-order valence-electron chi connectivity index (χ3n) is 2.30. The molecule has 0 aromatic heterocycles. The Morgan fingerprint density at radius 2 is 1.87 bits per heavy atom. The zero-order valence-corrected chi connectivity index (χ0v) is 9.39. The maximum Gasteiger partial charge on any atom is 0.328 e. The van der Waals surface area contributed by atoms with E-state index < -0.39 is 18.2 Å². The Labute approximate surface area is 89.0 Å². The van der Waals surface area contributed by atoms with Gasteiger partial charge in [0.05, 0.1) is 5.57 Å². The number of carbonyl (C=O) groups excluding carboxylic acids is 2. The van der Waals surface area contributed by atoms with Gasteiger partial charge in [-0.05, 0) is 5.92 Å². The van der Waals surface area contributed by atoms with E-state index in [1.165, 1.54) is 14.1 Å². The van der Waals surface area contributed by atoms with Crippen molar-refractivity contribution in [3.63, 3.8) is 0 Å². The molecule has 1 aliphatic rings. The van der Waals surface area contributed by atoms with E-state index in [9.17, 15) is 14.7 Å². The lowest BCUT2D eigenvalue weighted by Crippen LogP contribution is -2.55. The molecule has 5 nitrogen and oxygen atoms in total. The molecule has 1 aliphatic heterocycles. The van der Waals surface area contributed by atoms with Gasteiger partial charge in [0.25, 0.3) is 5.91 Å². The Kier molecular flexibility index (Phi) is 3.14. The molecule has 1 fully saturated rings. The number of aliphatic hydroxyl groups excluding tert-OH is 1. The summed E-state index contributed by atoms with van der Waals surface area (Å²) in [6.45, 7) is 3.81. The topological polar surface area (TPSA) is 60.9 Å². The van der Waals surface area contributed by atoms with Crippen LogP contribution >= 0.6 is 0 Å². The van der Waals surface area contributed by atoms with Crippen molar-refractivity contribution in [2.75, 3.05) is 14.1 Å². The SMILES string of the molecule is CC(C)/C=C1/C(=O)N(C)C(=O)N(C)C1O. The Balaban J connectivity index is 3.08. The molecule has 0 aromatic rings. The lowest BCUT2D eigenvalue weighted by molar-refractivity contribution is -0.128. The molecular weight excluding hydrogens is 196 g/mol. The normalized spacial score (nSPS) is 25.7. The molecule has 84 valence electrons. The highest BCUT2D eigenvalue weighted by Gasteiger charge is 2.37. The molecule has 5 heteroatoms. The fraction of sp³-hybridized carbons (Fsp3) is 0.600. The first-order valence-electron chi connectivity index (χ1n) is 4.81. The Morgan fingerprint density at radius 3 is 2.33 bits per heavy atom. The molecule has 0 aromatic carbocycles. The third-order valence-corrected chi connectivity index (χ3v) is 2.30. The molecule has 0 spiro atoms. The summed E-state index contributed by atoms with van der Waals surface area (Å²) in [5.41, 5.74) is 0.259. The first kappa shape index (κ1) is 11.7. The summed E-state index contributed by atoms with van der Waals surface area (Å²) in [5, 5.41) is 9.73. The van der Waals surface area contributed by atoms with E-state index in [0.29, 0.717) is 0 Å². The maximum absolute atomic E-state index is 11.7. The number of rotatable bonds is 1. The van der Waals surface area contributed by atoms with Crippen LogP contribution < -0.4 is 0 Å². The highest BCUT2D eigenvalue weighted by molar-refractivity contribution is 6.06. The van der Waals surface area contributed by atoms with E-state index >= 15 is 0 Å². The monoisotopic (exact) mass is 212 g/mol. The number of nitrogens with zero attached hydrogens (tertiary/aromatic N) is 2. The number of carbonyl (C=O) groups is 2. The summed E-state index contributed by atoms with van der Waals surface area (Å²) in [7, 11) is 2.87. The second-order valence-corrected chi connectivity index (χ2v) is 4.00. The van der Waals surface area contributed by atoms with Crippen LogP contribution in [0.15, 0.2) is 11.6 Å². The molecule has 0 radical (unpaired) electrons. The van der Waals surface area contributed by atoms with Crippen LogP contribution in [0.3, 0.4) is 0 Å². The lowest BCUT2D eigenvalue weighted by Gasteiger charge is -2.35. The minimum Gasteiger partial charge on any atom is -0.369 e. The van der Waals surface area contributed by atoms with Gasteiger partial charge in [-0.3, -0.25) is 14.6 Å². The van der Waals surface area contributed by atoms with E-state index in [0.717, 1.165) is 9.80 Å². The highest BCUT2D eigenvalue weighted by Crippen LogP contribution is 2.19. The van der Waals surface area contributed by atoms with Crippen LogP contribution in [0, 0.1) is 5.92 Å². The standard InChI is InChI=1S/C10H16N2O3/c1-6(2)5-7-8(13)11(3)10(15)12(4)9(7)14/h5-6,8,13H,1-4H3/b7-5+. The molecule has 1 saturated heterocycles. The van der Waals surface area contributed by atoms with Crippen LogP contribution in [-0.4, -0.2) is 47.2 Å². The molecule has 3 amide bonds. The largest absolute Gasteiger partial charge is 0.369 e. The Bertz CT molecular complexity index is 323. The second kappa shape index (κ2) is 4.02. The van der Waals surface area contributed by atoms with Crippen LogP contribution in [0.2, 0.25) is 0 Å². The third kappa shape index (κ3) is 2.02. The molecule has 1 unspecified atom stereocenters. The van der Waals surface area contributed by atoms with Crippen molar-refractivity contribution >= 4 is 11.9 Å². The predicted molar refractivity (Wildman–Crippen MR) is 54.9 cm³/mol. The number of hydrogen-bond acceptors (Lipinski definition) is 3. The molecule has 1 N–H and O–H groups in total. The smallest absolute Gasteiger partial charge is 0.328 e. The average molecular weight is 212 g/mol. The van der Waals surface area contributed by atoms with E-state index in [-0.39, 0.29) is 11.5 Å². The number of aliphatic hydroxyl groups is 1. The summed E-state index contributed by atoms with van der Waals surface area (Å²) < 4.78 is 0. The van der Waals surface area contributed by atoms with E-state index in [2.05, 4.69) is 0 Å². The van der Waals surface area contributed by atoms with Gasteiger partial charge in [-0.25, -0.2) is 4.79 Å². The van der Waals surface area contributed by atoms with Gasteiger partial charge in [-0.1, -0.05) is 19.9 Å². The first-order valence-corrected chi connectivity index (χ1v) is 4.81. The number of hydrogen-bond donors (Lipinski definition) is 1. The van der Waals surface area contributed by atoms with Crippen molar-refractivity contribution < 1.29 is 14.7 Å². The first-order chi connectivity index (χ1) is 6.86. The quantitative estimate of drug-likeness (QED) is 0.640. The zero-order valence-electron chi connectivity index (χ0n) is 9.39. The number of amides is 3. The van der Waals surface area contributed by atoms with Crippen LogP contribution in [0.4, 0.5) is 4.79 Å². The van der Waals surface area contributed by atoms with Crippen LogP contribution in [0.5, 0.6) is 0 Å². The van der Waals surface area contributed by atoms with Gasteiger partial charge < -0.3 is 5.11 Å². The lowest BCUT2D eigenvalue weighted by atomic mass is 10.0. The number of urea groups is 1. The molecule has 1 atom stereocenters. The fourth-order valence-electron chi connectivity index (χ4n) is 1.46. The van der Waals surface area contributed by atoms with Crippen molar-refractivity contribution in [1.82, 2.24) is 9.80 Å². The summed E-state index contributed by atoms with van der Waals surface area (Å²) in [5.74, 6) is -0.284. The van der Waals surface area contributed by atoms with Gasteiger partial charge in [0.2, 0.25) is 0 Å². The molecule has 0 saturated carbocycles. The Morgan fingerprint density at radius 1 is 1.33 bits per heavy atom. The minimum absolute atomic E-state index is 0.147. The highest BCUT2D eigenvalue weighted by atomic mass is 16.3. The van der Waals surface area contributed by atoms with Crippen molar-refractivity contribution in [1.29, 1.82) is 0 Å². The minimum atomic E-state index is -1.14. The molecule has 0 aliphatic carbocycles. The second-order valence-electron chi connectivity index (χ2n) is 4.00. The van der Waals surface area contributed by atoms with Crippen LogP contribution in [0.25, 0.3) is 0 Å². The molecule has 15 heavy (non-hydrogen) atoms. The Hall–Kier alpha value is -1.36.